The number of benzene rings is 1. The Bertz CT molecular complexity index is 514. The standard InChI is InChI=1S/C11H17N3O3S/c1-18(16,17)7-3-6-13-11(15)14-10-5-2-4-9(12)8-10/h2,4-5,8H,3,6-7,12H2,1H3,(H2,13,14,15). The van der Waals surface area contributed by atoms with Crippen LogP contribution in [0.2, 0.25) is 0 Å². The summed E-state index contributed by atoms with van der Waals surface area (Å²) < 4.78 is 21.7. The zero-order chi connectivity index (χ0) is 13.6. The molecule has 0 saturated heterocycles. The monoisotopic (exact) mass is 271 g/mol. The third-order valence-corrected chi connectivity index (χ3v) is 3.15. The first-order valence-electron chi connectivity index (χ1n) is 5.45. The van der Waals surface area contributed by atoms with Crippen molar-refractivity contribution in [3.8, 4) is 0 Å². The summed E-state index contributed by atoms with van der Waals surface area (Å²) in [6.45, 7) is 0.307. The minimum absolute atomic E-state index is 0.0611. The number of nitrogen functional groups attached to an aromatic ring is 1. The van der Waals surface area contributed by atoms with E-state index in [9.17, 15) is 13.2 Å². The second kappa shape index (κ2) is 6.25. The van der Waals surface area contributed by atoms with Gasteiger partial charge in [-0.1, -0.05) is 6.07 Å². The Morgan fingerprint density at radius 3 is 2.72 bits per heavy atom. The Morgan fingerprint density at radius 1 is 1.39 bits per heavy atom. The molecular weight excluding hydrogens is 254 g/mol. The smallest absolute Gasteiger partial charge is 0.319 e. The molecule has 1 aromatic carbocycles. The summed E-state index contributed by atoms with van der Waals surface area (Å²) in [5.41, 5.74) is 6.72. The molecule has 0 aliphatic heterocycles. The van der Waals surface area contributed by atoms with Gasteiger partial charge in [0.25, 0.3) is 0 Å². The van der Waals surface area contributed by atoms with Crippen molar-refractivity contribution < 1.29 is 13.2 Å². The first-order valence-corrected chi connectivity index (χ1v) is 7.51. The van der Waals surface area contributed by atoms with Gasteiger partial charge in [0.1, 0.15) is 9.84 Å². The summed E-state index contributed by atoms with van der Waals surface area (Å²) in [4.78, 5) is 11.4. The lowest BCUT2D eigenvalue weighted by atomic mass is 10.3. The Labute approximate surface area is 106 Å². The molecule has 4 N–H and O–H groups in total. The number of carbonyl (C=O) groups is 1. The highest BCUT2D eigenvalue weighted by atomic mass is 32.2. The SMILES string of the molecule is CS(=O)(=O)CCCNC(=O)Nc1cccc(N)c1. The number of anilines is 2. The molecule has 7 heteroatoms. The van der Waals surface area contributed by atoms with Crippen LogP contribution in [0.25, 0.3) is 0 Å². The van der Waals surface area contributed by atoms with Crippen molar-refractivity contribution in [3.05, 3.63) is 24.3 Å². The second-order valence-corrected chi connectivity index (χ2v) is 6.25. The highest BCUT2D eigenvalue weighted by Gasteiger charge is 2.04. The number of hydrogen-bond donors (Lipinski definition) is 3. The van der Waals surface area contributed by atoms with E-state index in [2.05, 4.69) is 10.6 Å². The normalized spacial score (nSPS) is 10.9. The molecule has 0 aliphatic carbocycles. The van der Waals surface area contributed by atoms with Crippen molar-refractivity contribution in [3.63, 3.8) is 0 Å². The quantitative estimate of drug-likeness (QED) is 0.545. The predicted molar refractivity (Wildman–Crippen MR) is 72.2 cm³/mol. The molecule has 0 aliphatic rings. The first-order chi connectivity index (χ1) is 8.37. The largest absolute Gasteiger partial charge is 0.399 e. The lowest BCUT2D eigenvalue weighted by Gasteiger charge is -2.07. The number of carbonyl (C=O) groups excluding carboxylic acids is 1. The van der Waals surface area contributed by atoms with E-state index in [1.807, 2.05) is 0 Å². The van der Waals surface area contributed by atoms with Gasteiger partial charge in [0.05, 0.1) is 5.75 Å². The van der Waals surface area contributed by atoms with Gasteiger partial charge in [-0.2, -0.15) is 0 Å². The average Bonchev–Trinajstić information content (AvgIpc) is 2.23. The predicted octanol–water partition coefficient (Wildman–Crippen LogP) is 0.825. The Morgan fingerprint density at radius 2 is 2.11 bits per heavy atom. The Balaban J connectivity index is 2.30. The van der Waals surface area contributed by atoms with E-state index in [4.69, 9.17) is 5.73 Å². The molecule has 0 fully saturated rings. The van der Waals surface area contributed by atoms with Crippen LogP contribution in [-0.2, 0) is 9.84 Å². The van der Waals surface area contributed by atoms with Crippen molar-refractivity contribution in [1.29, 1.82) is 0 Å². The van der Waals surface area contributed by atoms with Crippen molar-refractivity contribution >= 4 is 27.2 Å². The number of nitrogens with two attached hydrogens (primary N) is 1. The fraction of sp³-hybridized carbons (Fsp3) is 0.364. The third kappa shape index (κ3) is 6.09. The maximum absolute atomic E-state index is 11.4. The molecular formula is C11H17N3O3S. The molecule has 0 spiro atoms. The fourth-order valence-electron chi connectivity index (χ4n) is 1.33. The third-order valence-electron chi connectivity index (χ3n) is 2.12. The van der Waals surface area contributed by atoms with Gasteiger partial charge in [-0.3, -0.25) is 0 Å². The topological polar surface area (TPSA) is 101 Å². The van der Waals surface area contributed by atoms with E-state index < -0.39 is 9.84 Å². The Kier molecular flexibility index (Phi) is 4.96. The van der Waals surface area contributed by atoms with Gasteiger partial charge in [-0.25, -0.2) is 13.2 Å². The van der Waals surface area contributed by atoms with E-state index in [1.54, 1.807) is 24.3 Å². The highest BCUT2D eigenvalue weighted by molar-refractivity contribution is 7.90. The molecule has 0 radical (unpaired) electrons. The zero-order valence-electron chi connectivity index (χ0n) is 10.1. The van der Waals surface area contributed by atoms with Crippen LogP contribution in [0.5, 0.6) is 0 Å². The summed E-state index contributed by atoms with van der Waals surface area (Å²) >= 11 is 0. The molecule has 0 saturated carbocycles. The number of nitrogens with one attached hydrogen (secondary N) is 2. The van der Waals surface area contributed by atoms with Crippen LogP contribution < -0.4 is 16.4 Å². The summed E-state index contributed by atoms with van der Waals surface area (Å²) in [5, 5.41) is 5.17. The molecule has 0 aromatic heterocycles. The van der Waals surface area contributed by atoms with E-state index in [1.165, 1.54) is 6.26 Å². The van der Waals surface area contributed by atoms with Gasteiger partial charge in [-0.05, 0) is 24.6 Å². The van der Waals surface area contributed by atoms with Crippen molar-refractivity contribution in [2.75, 3.05) is 29.6 Å². The van der Waals surface area contributed by atoms with Gasteiger partial charge in [0.2, 0.25) is 0 Å². The van der Waals surface area contributed by atoms with E-state index >= 15 is 0 Å². The highest BCUT2D eigenvalue weighted by Crippen LogP contribution is 2.11. The summed E-state index contributed by atoms with van der Waals surface area (Å²) in [6, 6.07) is 6.42. The maximum atomic E-state index is 11.4. The molecule has 0 atom stereocenters. The summed E-state index contributed by atoms with van der Waals surface area (Å²) in [6.07, 6.45) is 1.56. The van der Waals surface area contributed by atoms with Crippen LogP contribution in [0.1, 0.15) is 6.42 Å². The van der Waals surface area contributed by atoms with Crippen LogP contribution >= 0.6 is 0 Å². The Hall–Kier alpha value is -1.76. The maximum Gasteiger partial charge on any atom is 0.319 e. The summed E-state index contributed by atoms with van der Waals surface area (Å²) in [5.74, 6) is 0.0611. The molecule has 1 rings (SSSR count). The number of amides is 2. The molecule has 18 heavy (non-hydrogen) atoms. The molecule has 6 nitrogen and oxygen atoms in total. The zero-order valence-corrected chi connectivity index (χ0v) is 11.0. The molecule has 1 aromatic rings. The van der Waals surface area contributed by atoms with Gasteiger partial charge in [0, 0.05) is 24.2 Å². The molecule has 2 amide bonds. The van der Waals surface area contributed by atoms with Crippen LogP contribution in [-0.4, -0.2) is 33.0 Å². The van der Waals surface area contributed by atoms with E-state index in [0.717, 1.165) is 0 Å². The summed E-state index contributed by atoms with van der Waals surface area (Å²) in [7, 11) is -2.97. The molecule has 0 bridgehead atoms. The fourth-order valence-corrected chi connectivity index (χ4v) is 2.00. The van der Waals surface area contributed by atoms with Crippen molar-refractivity contribution in [2.45, 2.75) is 6.42 Å². The van der Waals surface area contributed by atoms with Gasteiger partial charge in [-0.15, -0.1) is 0 Å². The van der Waals surface area contributed by atoms with Crippen molar-refractivity contribution in [2.24, 2.45) is 0 Å². The lowest BCUT2D eigenvalue weighted by Crippen LogP contribution is -2.30. The van der Waals surface area contributed by atoms with Crippen LogP contribution in [0.3, 0.4) is 0 Å². The molecule has 0 heterocycles. The first kappa shape index (κ1) is 14.3. The van der Waals surface area contributed by atoms with E-state index in [-0.39, 0.29) is 11.8 Å². The van der Waals surface area contributed by atoms with Crippen LogP contribution in [0.15, 0.2) is 24.3 Å². The number of urea groups is 1. The van der Waals surface area contributed by atoms with Crippen LogP contribution in [0.4, 0.5) is 16.2 Å². The van der Waals surface area contributed by atoms with E-state index in [0.29, 0.717) is 24.3 Å². The van der Waals surface area contributed by atoms with Gasteiger partial charge in [0.15, 0.2) is 0 Å². The molecule has 0 unspecified atom stereocenters. The van der Waals surface area contributed by atoms with Gasteiger partial charge < -0.3 is 16.4 Å². The van der Waals surface area contributed by atoms with Crippen LogP contribution in [0, 0.1) is 0 Å². The minimum atomic E-state index is -2.97. The van der Waals surface area contributed by atoms with Crippen molar-refractivity contribution in [1.82, 2.24) is 5.32 Å². The molecule has 100 valence electrons. The number of hydrogen-bond acceptors (Lipinski definition) is 4. The number of rotatable bonds is 5. The second-order valence-electron chi connectivity index (χ2n) is 3.99. The lowest BCUT2D eigenvalue weighted by molar-refractivity contribution is 0.252. The minimum Gasteiger partial charge on any atom is -0.399 e. The van der Waals surface area contributed by atoms with Gasteiger partial charge >= 0.3 is 6.03 Å². The number of sulfone groups is 1. The average molecular weight is 271 g/mol.